The summed E-state index contributed by atoms with van der Waals surface area (Å²) < 4.78 is 51.6. The number of rotatable bonds is 12. The van der Waals surface area contributed by atoms with Gasteiger partial charge in [-0.1, -0.05) is 37.3 Å². The standard InChI is InChI=1S/C27H27F3N4O6/c1-4-16-17(28)10-18(29)24(30)25(16)40-13-22(35)20(12-23(36)39-3)32-26(37)14(2)31-27(38)21-11-19(33-34-21)15-8-6-5-7-9-15/h5-11,14,20H,4,12-13H2,1-3H3,(H,31,38)(H,32,37)(H,33,34)/t14-,20-/m0/s1. The molecule has 2 atom stereocenters. The number of ketones is 1. The summed E-state index contributed by atoms with van der Waals surface area (Å²) in [6, 6.07) is 8.23. The first-order chi connectivity index (χ1) is 19.0. The fraction of sp³-hybridized carbons (Fsp3) is 0.296. The Balaban J connectivity index is 1.67. The quantitative estimate of drug-likeness (QED) is 0.229. The highest BCUT2D eigenvalue weighted by Crippen LogP contribution is 2.28. The lowest BCUT2D eigenvalue weighted by atomic mass is 10.1. The summed E-state index contributed by atoms with van der Waals surface area (Å²) in [7, 11) is 1.07. The van der Waals surface area contributed by atoms with Crippen LogP contribution in [-0.4, -0.2) is 59.6 Å². The summed E-state index contributed by atoms with van der Waals surface area (Å²) >= 11 is 0. The van der Waals surface area contributed by atoms with Gasteiger partial charge in [-0.15, -0.1) is 0 Å². The van der Waals surface area contributed by atoms with Crippen molar-refractivity contribution in [1.29, 1.82) is 0 Å². The number of nitrogens with zero attached hydrogens (tertiary/aromatic N) is 1. The highest BCUT2D eigenvalue weighted by Gasteiger charge is 2.29. The van der Waals surface area contributed by atoms with Crippen LogP contribution >= 0.6 is 0 Å². The first-order valence-corrected chi connectivity index (χ1v) is 12.2. The first kappa shape index (κ1) is 29.9. The molecule has 3 rings (SSSR count). The van der Waals surface area contributed by atoms with Crippen molar-refractivity contribution in [2.75, 3.05) is 13.7 Å². The largest absolute Gasteiger partial charge is 0.482 e. The normalized spacial score (nSPS) is 12.2. The number of hydrogen-bond acceptors (Lipinski definition) is 7. The van der Waals surface area contributed by atoms with E-state index in [0.29, 0.717) is 11.8 Å². The maximum Gasteiger partial charge on any atom is 0.308 e. The van der Waals surface area contributed by atoms with Gasteiger partial charge in [-0.2, -0.15) is 9.49 Å². The molecular weight excluding hydrogens is 533 g/mol. The van der Waals surface area contributed by atoms with Gasteiger partial charge < -0.3 is 20.1 Å². The summed E-state index contributed by atoms with van der Waals surface area (Å²) in [5.74, 6) is -8.10. The Labute approximate surface area is 227 Å². The Kier molecular flexibility index (Phi) is 10.0. The van der Waals surface area contributed by atoms with Crippen LogP contribution in [0.1, 0.15) is 36.3 Å². The van der Waals surface area contributed by atoms with Crippen molar-refractivity contribution in [3.05, 3.63) is 71.2 Å². The Hall–Kier alpha value is -4.68. The van der Waals surface area contributed by atoms with Crippen LogP contribution < -0.4 is 15.4 Å². The molecule has 1 heterocycles. The number of aromatic nitrogens is 2. The van der Waals surface area contributed by atoms with Crippen LogP contribution in [0.2, 0.25) is 0 Å². The van der Waals surface area contributed by atoms with Gasteiger partial charge >= 0.3 is 5.97 Å². The third-order valence-electron chi connectivity index (χ3n) is 5.87. The summed E-state index contributed by atoms with van der Waals surface area (Å²) in [6.45, 7) is 1.90. The van der Waals surface area contributed by atoms with Crippen LogP contribution in [0.5, 0.6) is 5.75 Å². The maximum absolute atomic E-state index is 14.3. The van der Waals surface area contributed by atoms with E-state index in [4.69, 9.17) is 4.74 Å². The number of aromatic amines is 1. The molecule has 0 spiro atoms. The molecule has 0 aliphatic carbocycles. The number of H-pyrrole nitrogens is 1. The van der Waals surface area contributed by atoms with Crippen molar-refractivity contribution in [3.63, 3.8) is 0 Å². The van der Waals surface area contributed by atoms with Crippen molar-refractivity contribution >= 4 is 23.6 Å². The van der Waals surface area contributed by atoms with Crippen molar-refractivity contribution < 1.29 is 41.8 Å². The maximum atomic E-state index is 14.3. The number of amides is 2. The van der Waals surface area contributed by atoms with E-state index >= 15 is 0 Å². The monoisotopic (exact) mass is 560 g/mol. The number of esters is 1. The number of Topliss-reactive ketones (excluding diaryl/α,β-unsaturated/α-hetero) is 1. The minimum atomic E-state index is -1.51. The predicted molar refractivity (Wildman–Crippen MR) is 136 cm³/mol. The van der Waals surface area contributed by atoms with Crippen LogP contribution in [0.15, 0.2) is 42.5 Å². The van der Waals surface area contributed by atoms with Crippen LogP contribution in [0, 0.1) is 17.5 Å². The van der Waals surface area contributed by atoms with Crippen molar-refractivity contribution in [2.24, 2.45) is 0 Å². The molecule has 0 aliphatic heterocycles. The van der Waals surface area contributed by atoms with Gasteiger partial charge in [-0.25, -0.2) is 8.78 Å². The highest BCUT2D eigenvalue weighted by molar-refractivity contribution is 5.98. The molecule has 0 unspecified atom stereocenters. The van der Waals surface area contributed by atoms with E-state index in [1.165, 1.54) is 19.9 Å². The number of nitrogens with one attached hydrogen (secondary N) is 3. The lowest BCUT2D eigenvalue weighted by Gasteiger charge is -2.20. The fourth-order valence-corrected chi connectivity index (χ4v) is 3.66. The second kappa shape index (κ2) is 13.4. The number of carbonyl (C=O) groups is 4. The molecule has 0 fully saturated rings. The average Bonchev–Trinajstić information content (AvgIpc) is 3.44. The molecule has 1 aromatic heterocycles. The zero-order valence-electron chi connectivity index (χ0n) is 21.8. The molecule has 2 aromatic carbocycles. The Bertz CT molecular complexity index is 1400. The summed E-state index contributed by atoms with van der Waals surface area (Å²) in [5.41, 5.74) is 1.06. The predicted octanol–water partition coefficient (Wildman–Crippen LogP) is 2.87. The molecule has 3 N–H and O–H groups in total. The number of halogens is 3. The van der Waals surface area contributed by atoms with Crippen LogP contribution in [0.25, 0.3) is 11.3 Å². The molecule has 13 heteroatoms. The van der Waals surface area contributed by atoms with E-state index in [1.807, 2.05) is 18.2 Å². The Morgan fingerprint density at radius 3 is 2.38 bits per heavy atom. The number of benzene rings is 2. The van der Waals surface area contributed by atoms with Gasteiger partial charge in [0.15, 0.2) is 17.3 Å². The molecule has 0 radical (unpaired) electrons. The van der Waals surface area contributed by atoms with Crippen LogP contribution in [0.4, 0.5) is 13.2 Å². The van der Waals surface area contributed by atoms with E-state index in [1.54, 1.807) is 12.1 Å². The van der Waals surface area contributed by atoms with Gasteiger partial charge in [0.1, 0.15) is 30.2 Å². The van der Waals surface area contributed by atoms with Crippen LogP contribution in [0.3, 0.4) is 0 Å². The molecule has 2 amide bonds. The summed E-state index contributed by atoms with van der Waals surface area (Å²) in [4.78, 5) is 50.1. The van der Waals surface area contributed by atoms with Gasteiger partial charge in [0.05, 0.1) is 19.2 Å². The lowest BCUT2D eigenvalue weighted by molar-refractivity contribution is -0.143. The number of hydrogen-bond donors (Lipinski definition) is 3. The van der Waals surface area contributed by atoms with Gasteiger partial charge in [0.2, 0.25) is 11.7 Å². The molecule has 0 saturated carbocycles. The van der Waals surface area contributed by atoms with E-state index < -0.39 is 71.9 Å². The second-order valence-electron chi connectivity index (χ2n) is 8.64. The minimum Gasteiger partial charge on any atom is -0.482 e. The van der Waals surface area contributed by atoms with Gasteiger partial charge in [0.25, 0.3) is 5.91 Å². The number of methoxy groups -OCH3 is 1. The Morgan fingerprint density at radius 2 is 1.73 bits per heavy atom. The molecule has 0 bridgehead atoms. The average molecular weight is 561 g/mol. The zero-order chi connectivity index (χ0) is 29.4. The van der Waals surface area contributed by atoms with E-state index in [0.717, 1.165) is 12.7 Å². The fourth-order valence-electron chi connectivity index (χ4n) is 3.66. The minimum absolute atomic E-state index is 0.0602. The molecule has 212 valence electrons. The van der Waals surface area contributed by atoms with Crippen molar-refractivity contribution in [3.8, 4) is 17.0 Å². The topological polar surface area (TPSA) is 139 Å². The zero-order valence-corrected chi connectivity index (χ0v) is 21.8. The van der Waals surface area contributed by atoms with Crippen molar-refractivity contribution in [2.45, 2.75) is 38.8 Å². The molecule has 0 saturated heterocycles. The Morgan fingerprint density at radius 1 is 1.02 bits per heavy atom. The molecular formula is C27H27F3N4O6. The third kappa shape index (κ3) is 7.24. The molecule has 10 nitrogen and oxygen atoms in total. The smallest absolute Gasteiger partial charge is 0.308 e. The van der Waals surface area contributed by atoms with Crippen molar-refractivity contribution in [1.82, 2.24) is 20.8 Å². The molecule has 0 aliphatic rings. The lowest BCUT2D eigenvalue weighted by Crippen LogP contribution is -2.51. The third-order valence-corrected chi connectivity index (χ3v) is 5.87. The van der Waals surface area contributed by atoms with E-state index in [2.05, 4.69) is 25.6 Å². The number of ether oxygens (including phenoxy) is 2. The van der Waals surface area contributed by atoms with E-state index in [-0.39, 0.29) is 17.7 Å². The molecule has 3 aromatic rings. The highest BCUT2D eigenvalue weighted by atomic mass is 19.2. The molecule has 40 heavy (non-hydrogen) atoms. The van der Waals surface area contributed by atoms with Gasteiger partial charge in [0, 0.05) is 17.2 Å². The van der Waals surface area contributed by atoms with Gasteiger partial charge in [-0.05, 0) is 19.4 Å². The SMILES string of the molecule is CCc1c(F)cc(F)c(F)c1OCC(=O)[C@H](CC(=O)OC)NC(=O)[C@H](C)NC(=O)c1cc(-c2ccccc2)n[nH]1. The first-order valence-electron chi connectivity index (χ1n) is 12.2. The summed E-state index contributed by atoms with van der Waals surface area (Å²) in [5, 5.41) is 11.4. The van der Waals surface area contributed by atoms with Crippen LogP contribution in [-0.2, 0) is 25.5 Å². The summed E-state index contributed by atoms with van der Waals surface area (Å²) in [6.07, 6.45) is -0.679. The number of carbonyl (C=O) groups excluding carboxylic acids is 4. The second-order valence-corrected chi connectivity index (χ2v) is 8.64. The van der Waals surface area contributed by atoms with Gasteiger partial charge in [-0.3, -0.25) is 24.3 Å². The van der Waals surface area contributed by atoms with E-state index in [9.17, 15) is 32.3 Å².